The topological polar surface area (TPSA) is 58.0 Å². The molecule has 1 atom stereocenters. The third-order valence-corrected chi connectivity index (χ3v) is 2.13. The van der Waals surface area contributed by atoms with Crippen molar-refractivity contribution < 1.29 is 9.13 Å². The van der Waals surface area contributed by atoms with Gasteiger partial charge in [-0.3, -0.25) is 0 Å². The Labute approximate surface area is 79.9 Å². The summed E-state index contributed by atoms with van der Waals surface area (Å²) in [5.74, 6) is 0.338. The molecule has 0 aliphatic carbocycles. The number of benzene rings is 1. The second kappa shape index (κ2) is 3.55. The lowest BCUT2D eigenvalue weighted by molar-refractivity contribution is 0.180. The minimum atomic E-state index is -0.460. The maximum Gasteiger partial charge on any atom is 0.178 e. The van der Waals surface area contributed by atoms with Crippen molar-refractivity contribution in [2.24, 2.45) is 5.11 Å². The SMILES string of the molecule is [N-]=[N+]=NC1CCc2cc(F)ccc2O1. The molecular formula is C9H8FN3O. The Morgan fingerprint density at radius 1 is 1.57 bits per heavy atom. The van der Waals surface area contributed by atoms with Gasteiger partial charge in [0.25, 0.3) is 0 Å². The fraction of sp³-hybridized carbons (Fsp3) is 0.333. The van der Waals surface area contributed by atoms with Gasteiger partial charge in [0.2, 0.25) is 0 Å². The van der Waals surface area contributed by atoms with Gasteiger partial charge >= 0.3 is 0 Å². The second-order valence-corrected chi connectivity index (χ2v) is 3.07. The van der Waals surface area contributed by atoms with E-state index in [9.17, 15) is 4.39 Å². The minimum Gasteiger partial charge on any atom is -0.484 e. The molecule has 1 aromatic rings. The van der Waals surface area contributed by atoms with E-state index in [-0.39, 0.29) is 5.82 Å². The van der Waals surface area contributed by atoms with Crippen LogP contribution in [0.15, 0.2) is 23.3 Å². The Morgan fingerprint density at radius 3 is 3.21 bits per heavy atom. The van der Waals surface area contributed by atoms with Gasteiger partial charge in [-0.1, -0.05) is 0 Å². The molecule has 1 aliphatic heterocycles. The summed E-state index contributed by atoms with van der Waals surface area (Å²) in [5, 5.41) is 3.47. The Morgan fingerprint density at radius 2 is 2.43 bits per heavy atom. The first-order valence-corrected chi connectivity index (χ1v) is 4.29. The molecule has 0 amide bonds. The molecule has 1 heterocycles. The van der Waals surface area contributed by atoms with Crippen LogP contribution in [0.4, 0.5) is 4.39 Å². The fourth-order valence-electron chi connectivity index (χ4n) is 1.48. The highest BCUT2D eigenvalue weighted by Crippen LogP contribution is 2.28. The van der Waals surface area contributed by atoms with E-state index in [1.54, 1.807) is 6.07 Å². The molecule has 72 valence electrons. The number of hydrogen-bond donors (Lipinski definition) is 0. The van der Waals surface area contributed by atoms with Crippen molar-refractivity contribution in [3.05, 3.63) is 40.0 Å². The van der Waals surface area contributed by atoms with Crippen LogP contribution in [0.5, 0.6) is 5.75 Å². The summed E-state index contributed by atoms with van der Waals surface area (Å²) in [6.45, 7) is 0. The van der Waals surface area contributed by atoms with Gasteiger partial charge in [-0.15, -0.1) is 0 Å². The first kappa shape index (κ1) is 8.84. The molecule has 0 fully saturated rings. The second-order valence-electron chi connectivity index (χ2n) is 3.07. The molecule has 1 aliphatic rings. The lowest BCUT2D eigenvalue weighted by atomic mass is 10.1. The highest BCUT2D eigenvalue weighted by Gasteiger charge is 2.18. The highest BCUT2D eigenvalue weighted by atomic mass is 19.1. The molecule has 0 saturated carbocycles. The smallest absolute Gasteiger partial charge is 0.178 e. The van der Waals surface area contributed by atoms with Crippen molar-refractivity contribution >= 4 is 0 Å². The first-order valence-electron chi connectivity index (χ1n) is 4.29. The summed E-state index contributed by atoms with van der Waals surface area (Å²) in [7, 11) is 0. The molecule has 0 aromatic heterocycles. The molecule has 0 radical (unpaired) electrons. The van der Waals surface area contributed by atoms with E-state index >= 15 is 0 Å². The monoisotopic (exact) mass is 193 g/mol. The number of hydrogen-bond acceptors (Lipinski definition) is 2. The maximum absolute atomic E-state index is 12.8. The average molecular weight is 193 g/mol. The van der Waals surface area contributed by atoms with Gasteiger partial charge in [-0.05, 0) is 47.2 Å². The number of rotatable bonds is 1. The molecule has 0 N–H and O–H groups in total. The van der Waals surface area contributed by atoms with Crippen LogP contribution in [0.2, 0.25) is 0 Å². The molecular weight excluding hydrogens is 185 g/mol. The molecule has 0 bridgehead atoms. The predicted molar refractivity (Wildman–Crippen MR) is 48.3 cm³/mol. The van der Waals surface area contributed by atoms with Crippen LogP contribution >= 0.6 is 0 Å². The van der Waals surface area contributed by atoms with Crippen molar-refractivity contribution in [1.82, 2.24) is 0 Å². The molecule has 4 nitrogen and oxygen atoms in total. The number of aryl methyl sites for hydroxylation is 1. The maximum atomic E-state index is 12.8. The lowest BCUT2D eigenvalue weighted by Crippen LogP contribution is -2.19. The van der Waals surface area contributed by atoms with E-state index in [2.05, 4.69) is 10.0 Å². The molecule has 1 unspecified atom stereocenters. The van der Waals surface area contributed by atoms with E-state index in [4.69, 9.17) is 10.3 Å². The van der Waals surface area contributed by atoms with Crippen LogP contribution in [-0.2, 0) is 6.42 Å². The van der Waals surface area contributed by atoms with Crippen molar-refractivity contribution in [3.63, 3.8) is 0 Å². The zero-order valence-corrected chi connectivity index (χ0v) is 7.35. The Balaban J connectivity index is 2.27. The summed E-state index contributed by atoms with van der Waals surface area (Å²) in [5.41, 5.74) is 9.06. The number of fused-ring (bicyclic) bond motifs is 1. The number of azide groups is 1. The number of halogens is 1. The van der Waals surface area contributed by atoms with Crippen LogP contribution in [0.1, 0.15) is 12.0 Å². The van der Waals surface area contributed by atoms with E-state index < -0.39 is 6.23 Å². The number of ether oxygens (including phenoxy) is 1. The summed E-state index contributed by atoms with van der Waals surface area (Å²) in [6, 6.07) is 4.34. The Kier molecular flexibility index (Phi) is 2.24. The van der Waals surface area contributed by atoms with Crippen molar-refractivity contribution in [2.45, 2.75) is 19.1 Å². The molecule has 2 rings (SSSR count). The average Bonchev–Trinajstić information content (AvgIpc) is 2.19. The van der Waals surface area contributed by atoms with Crippen molar-refractivity contribution in [1.29, 1.82) is 0 Å². The van der Waals surface area contributed by atoms with Crippen LogP contribution in [0.3, 0.4) is 0 Å². The van der Waals surface area contributed by atoms with Crippen LogP contribution in [0.25, 0.3) is 10.4 Å². The zero-order chi connectivity index (χ0) is 9.97. The normalized spacial score (nSPS) is 19.1. The largest absolute Gasteiger partial charge is 0.484 e. The summed E-state index contributed by atoms with van der Waals surface area (Å²) in [4.78, 5) is 2.68. The van der Waals surface area contributed by atoms with Gasteiger partial charge in [-0.2, -0.15) is 0 Å². The van der Waals surface area contributed by atoms with Gasteiger partial charge in [0.05, 0.1) is 0 Å². The predicted octanol–water partition coefficient (Wildman–Crippen LogP) is 2.79. The minimum absolute atomic E-state index is 0.269. The van der Waals surface area contributed by atoms with Crippen LogP contribution in [0, 0.1) is 5.82 Å². The highest BCUT2D eigenvalue weighted by molar-refractivity contribution is 5.35. The summed E-state index contributed by atoms with van der Waals surface area (Å²) < 4.78 is 18.1. The molecule has 5 heteroatoms. The lowest BCUT2D eigenvalue weighted by Gasteiger charge is -2.22. The third kappa shape index (κ3) is 1.63. The van der Waals surface area contributed by atoms with E-state index in [0.29, 0.717) is 18.6 Å². The fourth-order valence-corrected chi connectivity index (χ4v) is 1.48. The third-order valence-electron chi connectivity index (χ3n) is 2.13. The zero-order valence-electron chi connectivity index (χ0n) is 7.35. The van der Waals surface area contributed by atoms with Gasteiger partial charge in [0.1, 0.15) is 11.6 Å². The number of nitrogens with zero attached hydrogens (tertiary/aromatic N) is 3. The summed E-state index contributed by atoms with van der Waals surface area (Å²) >= 11 is 0. The van der Waals surface area contributed by atoms with E-state index in [1.165, 1.54) is 12.1 Å². The van der Waals surface area contributed by atoms with Gasteiger partial charge in [-0.25, -0.2) is 4.39 Å². The van der Waals surface area contributed by atoms with Crippen LogP contribution < -0.4 is 4.74 Å². The van der Waals surface area contributed by atoms with Crippen LogP contribution in [-0.4, -0.2) is 6.23 Å². The van der Waals surface area contributed by atoms with Gasteiger partial charge in [0.15, 0.2) is 6.23 Å². The van der Waals surface area contributed by atoms with Crippen molar-refractivity contribution in [2.75, 3.05) is 0 Å². The van der Waals surface area contributed by atoms with Gasteiger partial charge in [0, 0.05) is 4.91 Å². The van der Waals surface area contributed by atoms with E-state index in [1.807, 2.05) is 0 Å². The quantitative estimate of drug-likeness (QED) is 0.384. The molecule has 0 spiro atoms. The Hall–Kier alpha value is -1.74. The van der Waals surface area contributed by atoms with Crippen molar-refractivity contribution in [3.8, 4) is 5.75 Å². The van der Waals surface area contributed by atoms with Gasteiger partial charge < -0.3 is 4.74 Å². The van der Waals surface area contributed by atoms with E-state index in [0.717, 1.165) is 5.56 Å². The first-order chi connectivity index (χ1) is 6.79. The standard InChI is InChI=1S/C9H8FN3O/c10-7-2-3-8-6(5-7)1-4-9(14-8)12-13-11/h2-3,5,9H,1,4H2. The molecule has 1 aromatic carbocycles. The summed E-state index contributed by atoms with van der Waals surface area (Å²) in [6.07, 6.45) is 0.815. The molecule has 14 heavy (non-hydrogen) atoms. The Bertz CT molecular complexity index is 401. The molecule has 0 saturated heterocycles.